The molecule has 9 nitrogen and oxygen atoms in total. The molecule has 2 amide bonds. The molecule has 36 heavy (non-hydrogen) atoms. The molecule has 1 aliphatic rings. The number of hydrogen-bond donors (Lipinski definition) is 0. The molecule has 1 heterocycles. The Labute approximate surface area is 213 Å². The highest BCUT2D eigenvalue weighted by Gasteiger charge is 2.35. The number of hydrogen-bond acceptors (Lipinski definition) is 6. The fourth-order valence-electron chi connectivity index (χ4n) is 4.48. The van der Waals surface area contributed by atoms with Crippen molar-refractivity contribution in [1.82, 2.24) is 4.31 Å². The molecule has 2 aromatic carbocycles. The van der Waals surface area contributed by atoms with Gasteiger partial charge in [-0.1, -0.05) is 26.0 Å². The van der Waals surface area contributed by atoms with Gasteiger partial charge in [0.05, 0.1) is 30.6 Å². The van der Waals surface area contributed by atoms with Crippen molar-refractivity contribution >= 4 is 33.4 Å². The lowest BCUT2D eigenvalue weighted by molar-refractivity contribution is -0.117. The summed E-state index contributed by atoms with van der Waals surface area (Å²) in [5.74, 6) is 0.118. The normalized spacial score (nSPS) is 15.8. The predicted octanol–water partition coefficient (Wildman–Crippen LogP) is 4.50. The van der Waals surface area contributed by atoms with Crippen LogP contribution in [0.5, 0.6) is 5.75 Å². The topological polar surface area (TPSA) is 96.5 Å². The summed E-state index contributed by atoms with van der Waals surface area (Å²) in [6.45, 7) is 11.4. The maximum atomic E-state index is 13.3. The average Bonchev–Trinajstić information content (AvgIpc) is 2.82. The summed E-state index contributed by atoms with van der Waals surface area (Å²) < 4.78 is 38.8. The van der Waals surface area contributed by atoms with Gasteiger partial charge in [-0.15, -0.1) is 0 Å². The highest BCUT2D eigenvalue weighted by molar-refractivity contribution is 7.89. The van der Waals surface area contributed by atoms with Crippen LogP contribution in [-0.4, -0.2) is 63.6 Å². The van der Waals surface area contributed by atoms with E-state index in [-0.39, 0.29) is 35.2 Å². The predicted molar refractivity (Wildman–Crippen MR) is 140 cm³/mol. The fourth-order valence-corrected chi connectivity index (χ4v) is 6.12. The first kappa shape index (κ1) is 27.5. The van der Waals surface area contributed by atoms with Crippen LogP contribution in [0.3, 0.4) is 0 Å². The molecule has 1 aliphatic heterocycles. The molecule has 0 fully saturated rings. The van der Waals surface area contributed by atoms with Gasteiger partial charge in [-0.05, 0) is 56.2 Å². The summed E-state index contributed by atoms with van der Waals surface area (Å²) in [4.78, 5) is 28.6. The smallest absolute Gasteiger partial charge is 0.414 e. The lowest BCUT2D eigenvalue weighted by Crippen LogP contribution is -2.51. The number of anilines is 2. The lowest BCUT2D eigenvalue weighted by atomic mass is 10.0. The molecule has 0 spiro atoms. The van der Waals surface area contributed by atoms with Crippen molar-refractivity contribution < 1.29 is 27.5 Å². The average molecular weight is 518 g/mol. The molecule has 0 radical (unpaired) electrons. The third-order valence-corrected chi connectivity index (χ3v) is 8.20. The number of carbonyl (C=O) groups is 2. The zero-order chi connectivity index (χ0) is 26.8. The number of benzene rings is 2. The highest BCUT2D eigenvalue weighted by Crippen LogP contribution is 2.40. The molecule has 1 atom stereocenters. The number of amides is 2. The number of nitrogens with zero attached hydrogens (tertiary/aromatic N) is 3. The van der Waals surface area contributed by atoms with E-state index >= 15 is 0 Å². The van der Waals surface area contributed by atoms with E-state index in [1.54, 1.807) is 62.9 Å². The summed E-state index contributed by atoms with van der Waals surface area (Å²) >= 11 is 0. The monoisotopic (exact) mass is 517 g/mol. The van der Waals surface area contributed by atoms with Crippen LogP contribution < -0.4 is 14.5 Å². The zero-order valence-corrected chi connectivity index (χ0v) is 22.8. The molecule has 0 saturated carbocycles. The van der Waals surface area contributed by atoms with Gasteiger partial charge in [0, 0.05) is 26.6 Å². The van der Waals surface area contributed by atoms with Gasteiger partial charge in [0.1, 0.15) is 10.6 Å². The second kappa shape index (κ2) is 10.9. The van der Waals surface area contributed by atoms with Crippen LogP contribution in [0.4, 0.5) is 16.2 Å². The second-order valence-corrected chi connectivity index (χ2v) is 10.8. The minimum Gasteiger partial charge on any atom is -0.495 e. The molecular formula is C26H35N3O6S. The maximum Gasteiger partial charge on any atom is 0.414 e. The van der Waals surface area contributed by atoms with Crippen LogP contribution >= 0.6 is 0 Å². The van der Waals surface area contributed by atoms with Crippen molar-refractivity contribution in [1.29, 1.82) is 0 Å². The molecule has 1 unspecified atom stereocenters. The SMILES string of the molecule is CCN(CC)S(=O)(=O)c1cc(-c2ccc3c(c2)N(C(=O)OC(C)C)CC(C)N3C(C)=O)ccc1OC. The van der Waals surface area contributed by atoms with E-state index in [0.29, 0.717) is 35.6 Å². The maximum absolute atomic E-state index is 13.3. The minimum absolute atomic E-state index is 0.0685. The van der Waals surface area contributed by atoms with E-state index in [1.807, 2.05) is 13.0 Å². The Kier molecular flexibility index (Phi) is 8.30. The third kappa shape index (κ3) is 5.19. The van der Waals surface area contributed by atoms with Gasteiger partial charge in [-0.25, -0.2) is 13.2 Å². The van der Waals surface area contributed by atoms with Gasteiger partial charge in [-0.2, -0.15) is 4.31 Å². The molecule has 10 heteroatoms. The van der Waals surface area contributed by atoms with Gasteiger partial charge >= 0.3 is 6.09 Å². The van der Waals surface area contributed by atoms with E-state index in [0.717, 1.165) is 0 Å². The van der Waals surface area contributed by atoms with Crippen LogP contribution in [0.2, 0.25) is 0 Å². The molecule has 0 saturated heterocycles. The summed E-state index contributed by atoms with van der Waals surface area (Å²) in [7, 11) is -2.35. The number of carbonyl (C=O) groups excluding carboxylic acids is 2. The quantitative estimate of drug-likeness (QED) is 0.537. The van der Waals surface area contributed by atoms with E-state index in [4.69, 9.17) is 9.47 Å². The second-order valence-electron chi connectivity index (χ2n) is 8.94. The highest BCUT2D eigenvalue weighted by atomic mass is 32.2. The lowest BCUT2D eigenvalue weighted by Gasteiger charge is -2.40. The Hall–Kier alpha value is -3.11. The van der Waals surface area contributed by atoms with Crippen molar-refractivity contribution in [3.8, 4) is 16.9 Å². The van der Waals surface area contributed by atoms with Crippen molar-refractivity contribution in [2.45, 2.75) is 58.6 Å². The van der Waals surface area contributed by atoms with Crippen molar-refractivity contribution in [2.24, 2.45) is 0 Å². The van der Waals surface area contributed by atoms with E-state index < -0.39 is 16.1 Å². The molecule has 0 aromatic heterocycles. The summed E-state index contributed by atoms with van der Waals surface area (Å²) in [6, 6.07) is 10.1. The Morgan fingerprint density at radius 1 is 1.06 bits per heavy atom. The zero-order valence-electron chi connectivity index (χ0n) is 21.9. The Morgan fingerprint density at radius 3 is 2.22 bits per heavy atom. The first-order chi connectivity index (χ1) is 17.0. The van der Waals surface area contributed by atoms with E-state index in [1.165, 1.54) is 23.2 Å². The van der Waals surface area contributed by atoms with Gasteiger partial charge in [0.25, 0.3) is 0 Å². The van der Waals surface area contributed by atoms with Crippen LogP contribution in [0.25, 0.3) is 11.1 Å². The Morgan fingerprint density at radius 2 is 1.67 bits per heavy atom. The summed E-state index contributed by atoms with van der Waals surface area (Å²) in [6.07, 6.45) is -0.808. The molecule has 0 aliphatic carbocycles. The number of ether oxygens (including phenoxy) is 2. The molecule has 196 valence electrons. The van der Waals surface area contributed by atoms with Gasteiger partial charge < -0.3 is 14.4 Å². The first-order valence-electron chi connectivity index (χ1n) is 12.1. The van der Waals surface area contributed by atoms with E-state index in [2.05, 4.69) is 0 Å². The molecule has 0 bridgehead atoms. The first-order valence-corrected chi connectivity index (χ1v) is 13.5. The van der Waals surface area contributed by atoms with Crippen LogP contribution in [-0.2, 0) is 19.6 Å². The summed E-state index contributed by atoms with van der Waals surface area (Å²) in [5.41, 5.74) is 2.44. The van der Waals surface area contributed by atoms with Crippen molar-refractivity contribution in [3.05, 3.63) is 36.4 Å². The van der Waals surface area contributed by atoms with Crippen molar-refractivity contribution in [2.75, 3.05) is 36.5 Å². The third-order valence-electron chi connectivity index (χ3n) is 6.13. The number of rotatable bonds is 7. The molecular weight excluding hydrogens is 482 g/mol. The Balaban J connectivity index is 2.18. The van der Waals surface area contributed by atoms with Crippen LogP contribution in [0, 0.1) is 0 Å². The number of sulfonamides is 1. The summed E-state index contributed by atoms with van der Waals surface area (Å²) in [5, 5.41) is 0. The van der Waals surface area contributed by atoms with Crippen LogP contribution in [0.1, 0.15) is 41.5 Å². The van der Waals surface area contributed by atoms with Crippen molar-refractivity contribution in [3.63, 3.8) is 0 Å². The number of methoxy groups -OCH3 is 1. The molecule has 3 rings (SSSR count). The standard InChI is InChI=1S/C26H35N3O6S/c1-8-27(9-2)36(32,33)25-15-21(11-13-24(25)34-7)20-10-12-22-23(14-20)28(26(31)35-17(3)4)16-18(5)29(22)19(6)30/h10-15,17-18H,8-9,16H2,1-7H3. The largest absolute Gasteiger partial charge is 0.495 e. The Bertz CT molecular complexity index is 1240. The van der Waals surface area contributed by atoms with Gasteiger partial charge in [0.2, 0.25) is 15.9 Å². The minimum atomic E-state index is -3.79. The van der Waals surface area contributed by atoms with Crippen LogP contribution in [0.15, 0.2) is 41.3 Å². The molecule has 0 N–H and O–H groups in total. The molecule has 2 aromatic rings. The van der Waals surface area contributed by atoms with Gasteiger partial charge in [0.15, 0.2) is 0 Å². The fraction of sp³-hybridized carbons (Fsp3) is 0.462. The number of fused-ring (bicyclic) bond motifs is 1. The van der Waals surface area contributed by atoms with Gasteiger partial charge in [-0.3, -0.25) is 9.69 Å². The van der Waals surface area contributed by atoms with E-state index in [9.17, 15) is 18.0 Å².